The van der Waals surface area contributed by atoms with Crippen LogP contribution in [0.2, 0.25) is 0 Å². The minimum absolute atomic E-state index is 0.112. The van der Waals surface area contributed by atoms with Gasteiger partial charge in [-0.1, -0.05) is 40.5 Å². The Bertz CT molecular complexity index is 518. The van der Waals surface area contributed by atoms with Crippen LogP contribution in [0.3, 0.4) is 0 Å². The van der Waals surface area contributed by atoms with Crippen LogP contribution in [-0.4, -0.2) is 22.4 Å². The van der Waals surface area contributed by atoms with E-state index in [4.69, 9.17) is 0 Å². The topological polar surface area (TPSA) is 40.5 Å². The van der Waals surface area contributed by atoms with E-state index < -0.39 is 0 Å². The average molecular weight is 349 g/mol. The highest BCUT2D eigenvalue weighted by atomic mass is 16.3. The molecule has 2 N–H and O–H groups in total. The molecular weight excluding hydrogens is 308 g/mol. The highest BCUT2D eigenvalue weighted by Crippen LogP contribution is 2.70. The molecule has 2 nitrogen and oxygen atoms in total. The van der Waals surface area contributed by atoms with Crippen molar-refractivity contribution in [3.63, 3.8) is 0 Å². The molecule has 0 radical (unpaired) electrons. The van der Waals surface area contributed by atoms with E-state index in [9.17, 15) is 10.2 Å². The Hall–Kier alpha value is -0.0800. The third-order valence-corrected chi connectivity index (χ3v) is 10.2. The van der Waals surface area contributed by atoms with Gasteiger partial charge < -0.3 is 10.2 Å². The zero-order valence-corrected chi connectivity index (χ0v) is 16.9. The van der Waals surface area contributed by atoms with E-state index in [1.807, 2.05) is 0 Å². The molecule has 0 aliphatic heterocycles. The second-order valence-electron chi connectivity index (χ2n) is 11.0. The molecule has 0 aromatic carbocycles. The largest absolute Gasteiger partial charge is 0.393 e. The van der Waals surface area contributed by atoms with Crippen LogP contribution in [0, 0.1) is 39.9 Å². The summed E-state index contributed by atoms with van der Waals surface area (Å²) in [6.45, 7) is 9.78. The van der Waals surface area contributed by atoms with Crippen molar-refractivity contribution in [1.82, 2.24) is 0 Å². The Morgan fingerprint density at radius 3 is 2.36 bits per heavy atom. The zero-order chi connectivity index (χ0) is 18.0. The maximum absolute atomic E-state index is 11.3. The van der Waals surface area contributed by atoms with Crippen LogP contribution in [0.4, 0.5) is 0 Å². The highest BCUT2D eigenvalue weighted by Gasteiger charge is 2.65. The van der Waals surface area contributed by atoms with E-state index in [0.717, 1.165) is 37.5 Å². The number of rotatable bonds is 2. The first-order valence-corrected chi connectivity index (χ1v) is 11.1. The summed E-state index contributed by atoms with van der Waals surface area (Å²) >= 11 is 0. The van der Waals surface area contributed by atoms with Gasteiger partial charge in [-0.05, 0) is 91.3 Å². The number of fused-ring (bicyclic) bond motifs is 5. The molecule has 4 aliphatic rings. The molecule has 0 amide bonds. The van der Waals surface area contributed by atoms with Crippen molar-refractivity contribution in [2.24, 2.45) is 39.9 Å². The van der Waals surface area contributed by atoms with Gasteiger partial charge in [-0.3, -0.25) is 0 Å². The van der Waals surface area contributed by atoms with Crippen molar-refractivity contribution in [3.05, 3.63) is 0 Å². The minimum Gasteiger partial charge on any atom is -0.393 e. The molecule has 0 heterocycles. The van der Waals surface area contributed by atoms with Crippen molar-refractivity contribution in [2.45, 2.75) is 104 Å². The fraction of sp³-hybridized carbons (Fsp3) is 1.00. The van der Waals surface area contributed by atoms with Gasteiger partial charge in [0.1, 0.15) is 0 Å². The van der Waals surface area contributed by atoms with Gasteiger partial charge in [0.2, 0.25) is 0 Å². The normalized spacial score (nSPS) is 58.3. The molecule has 0 spiro atoms. The third kappa shape index (κ3) is 2.42. The summed E-state index contributed by atoms with van der Waals surface area (Å²) in [6.07, 6.45) is 11.7. The van der Waals surface area contributed by atoms with Crippen LogP contribution in [0.25, 0.3) is 0 Å². The van der Waals surface area contributed by atoms with Gasteiger partial charge >= 0.3 is 0 Å². The Morgan fingerprint density at radius 1 is 0.880 bits per heavy atom. The van der Waals surface area contributed by atoms with Crippen LogP contribution in [0.1, 0.15) is 91.9 Å². The minimum atomic E-state index is -0.156. The summed E-state index contributed by atoms with van der Waals surface area (Å²) in [7, 11) is 0. The Balaban J connectivity index is 1.67. The van der Waals surface area contributed by atoms with E-state index >= 15 is 0 Å². The van der Waals surface area contributed by atoms with Gasteiger partial charge in [-0.15, -0.1) is 0 Å². The molecule has 144 valence electrons. The predicted octanol–water partition coefficient (Wildman–Crippen LogP) is 5.17. The number of hydrogen-bond acceptors (Lipinski definition) is 2. The quantitative estimate of drug-likeness (QED) is 0.723. The fourth-order valence-electron chi connectivity index (χ4n) is 8.58. The van der Waals surface area contributed by atoms with Crippen molar-refractivity contribution in [2.75, 3.05) is 0 Å². The van der Waals surface area contributed by atoms with Crippen molar-refractivity contribution in [1.29, 1.82) is 0 Å². The summed E-state index contributed by atoms with van der Waals surface area (Å²) < 4.78 is 0. The molecule has 4 rings (SSSR count). The third-order valence-electron chi connectivity index (χ3n) is 10.2. The van der Waals surface area contributed by atoms with Crippen LogP contribution in [0.5, 0.6) is 0 Å². The summed E-state index contributed by atoms with van der Waals surface area (Å²) in [5, 5.41) is 21.6. The van der Waals surface area contributed by atoms with Gasteiger partial charge in [0.15, 0.2) is 0 Å². The van der Waals surface area contributed by atoms with Gasteiger partial charge in [0.25, 0.3) is 0 Å². The summed E-state index contributed by atoms with van der Waals surface area (Å²) in [4.78, 5) is 0. The number of aliphatic hydroxyl groups excluding tert-OH is 2. The molecule has 0 aromatic rings. The first-order valence-electron chi connectivity index (χ1n) is 11.1. The van der Waals surface area contributed by atoms with E-state index in [1.54, 1.807) is 0 Å². The van der Waals surface area contributed by atoms with Crippen LogP contribution in [-0.2, 0) is 0 Å². The molecular formula is C23H40O2. The number of aliphatic hydroxyl groups is 2. The average Bonchev–Trinajstić information content (AvgIpc) is 2.86. The summed E-state index contributed by atoms with van der Waals surface area (Å²) in [5.74, 6) is 2.78. The van der Waals surface area contributed by atoms with Crippen LogP contribution in [0.15, 0.2) is 0 Å². The molecule has 4 saturated carbocycles. The van der Waals surface area contributed by atoms with Crippen molar-refractivity contribution < 1.29 is 10.2 Å². The van der Waals surface area contributed by atoms with Gasteiger partial charge in [0.05, 0.1) is 12.2 Å². The van der Waals surface area contributed by atoms with Gasteiger partial charge in [-0.2, -0.15) is 0 Å². The predicted molar refractivity (Wildman–Crippen MR) is 102 cm³/mol. The first-order chi connectivity index (χ1) is 11.7. The van der Waals surface area contributed by atoms with Gasteiger partial charge in [0, 0.05) is 0 Å². The molecule has 4 fully saturated rings. The summed E-state index contributed by atoms with van der Waals surface area (Å²) in [5.41, 5.74) is 0.886. The Kier molecular flexibility index (Phi) is 4.36. The maximum atomic E-state index is 11.3. The molecule has 25 heavy (non-hydrogen) atoms. The summed E-state index contributed by atoms with van der Waals surface area (Å²) in [6, 6.07) is 0. The number of hydrogen-bond donors (Lipinski definition) is 2. The van der Waals surface area contributed by atoms with Gasteiger partial charge in [-0.25, -0.2) is 0 Å². The standard InChI is InChI=1S/C23H40O2/c1-5-6-15-7-8-17-20-18(10-11-22(15,17)3)23(4)12-9-16(24)13-21(23,2)14-19(20)25/h15-20,24-25H,5-14H2,1-4H3. The van der Waals surface area contributed by atoms with E-state index in [-0.39, 0.29) is 17.6 Å². The lowest BCUT2D eigenvalue weighted by atomic mass is 9.39. The highest BCUT2D eigenvalue weighted by molar-refractivity contribution is 5.14. The lowest BCUT2D eigenvalue weighted by molar-refractivity contribution is -0.209. The molecule has 0 aromatic heterocycles. The van der Waals surface area contributed by atoms with Crippen molar-refractivity contribution >= 4 is 0 Å². The van der Waals surface area contributed by atoms with Crippen molar-refractivity contribution in [3.8, 4) is 0 Å². The zero-order valence-electron chi connectivity index (χ0n) is 16.9. The maximum Gasteiger partial charge on any atom is 0.0579 e. The van der Waals surface area contributed by atoms with E-state index in [1.165, 1.54) is 38.5 Å². The smallest absolute Gasteiger partial charge is 0.0579 e. The molecule has 0 bridgehead atoms. The monoisotopic (exact) mass is 348 g/mol. The van der Waals surface area contributed by atoms with Crippen LogP contribution >= 0.6 is 0 Å². The Morgan fingerprint density at radius 2 is 1.64 bits per heavy atom. The van der Waals surface area contributed by atoms with E-state index in [0.29, 0.717) is 22.7 Å². The lowest BCUT2D eigenvalue weighted by Crippen LogP contribution is -2.62. The molecule has 9 unspecified atom stereocenters. The first kappa shape index (κ1) is 18.3. The van der Waals surface area contributed by atoms with Crippen LogP contribution < -0.4 is 0 Å². The second kappa shape index (κ2) is 5.96. The Labute approximate surface area is 154 Å². The van der Waals surface area contributed by atoms with E-state index in [2.05, 4.69) is 27.7 Å². The molecule has 2 heteroatoms. The SMILES string of the molecule is CCCC1CCC2C3C(O)CC4(C)CC(O)CCC4(C)C3CCC12C. The molecule has 0 saturated heterocycles. The fourth-order valence-corrected chi connectivity index (χ4v) is 8.58. The second-order valence-corrected chi connectivity index (χ2v) is 11.0. The lowest BCUT2D eigenvalue weighted by Gasteiger charge is -2.66. The molecule has 9 atom stereocenters. The molecule has 4 aliphatic carbocycles.